The summed E-state index contributed by atoms with van der Waals surface area (Å²) >= 11 is 0. The Balaban J connectivity index is 2.36. The van der Waals surface area contributed by atoms with Crippen LogP contribution in [0.4, 0.5) is 0 Å². The fraction of sp³-hybridized carbons (Fsp3) is 0.727. The first-order valence-corrected chi connectivity index (χ1v) is 7.32. The van der Waals surface area contributed by atoms with Gasteiger partial charge >= 0.3 is 0 Å². The van der Waals surface area contributed by atoms with Crippen LogP contribution in [0.15, 0.2) is 17.6 Å². The van der Waals surface area contributed by atoms with Crippen molar-refractivity contribution in [2.24, 2.45) is 5.14 Å². The van der Waals surface area contributed by atoms with E-state index in [-0.39, 0.29) is 22.3 Å². The minimum Gasteiger partial charge on any atom is -0.367 e. The van der Waals surface area contributed by atoms with Crippen LogP contribution in [0.5, 0.6) is 0 Å². The summed E-state index contributed by atoms with van der Waals surface area (Å²) in [6.07, 6.45) is 3.75. The minimum atomic E-state index is -3.75. The summed E-state index contributed by atoms with van der Waals surface area (Å²) in [6.45, 7) is 8.02. The van der Waals surface area contributed by atoms with Gasteiger partial charge in [0.15, 0.2) is 5.03 Å². The van der Waals surface area contributed by atoms with E-state index in [1.807, 2.05) is 27.7 Å². The number of hydrogen-bond donors (Lipinski definition) is 1. The fourth-order valence-corrected chi connectivity index (χ4v) is 3.10. The molecule has 0 bridgehead atoms. The molecule has 1 unspecified atom stereocenters. The van der Waals surface area contributed by atoms with Crippen molar-refractivity contribution in [2.75, 3.05) is 0 Å². The summed E-state index contributed by atoms with van der Waals surface area (Å²) in [5.41, 5.74) is -0.611. The van der Waals surface area contributed by atoms with E-state index in [0.29, 0.717) is 0 Å². The Labute approximate surface area is 107 Å². The Kier molecular flexibility index (Phi) is 2.84. The molecule has 2 rings (SSSR count). The molecule has 18 heavy (non-hydrogen) atoms. The summed E-state index contributed by atoms with van der Waals surface area (Å²) in [5, 5.41) is 4.95. The van der Waals surface area contributed by atoms with Crippen LogP contribution in [0, 0.1) is 0 Å². The molecular formula is C11H19N3O3S. The molecule has 2 N–H and O–H groups in total. The van der Waals surface area contributed by atoms with Crippen LogP contribution in [0.3, 0.4) is 0 Å². The van der Waals surface area contributed by atoms with Gasteiger partial charge in [-0.1, -0.05) is 0 Å². The first-order chi connectivity index (χ1) is 8.01. The molecule has 1 aromatic heterocycles. The molecule has 1 saturated heterocycles. The van der Waals surface area contributed by atoms with Crippen LogP contribution in [-0.4, -0.2) is 29.2 Å². The van der Waals surface area contributed by atoms with Gasteiger partial charge in [-0.05, 0) is 34.1 Å². The van der Waals surface area contributed by atoms with Crippen molar-refractivity contribution in [2.45, 2.75) is 56.4 Å². The van der Waals surface area contributed by atoms with Gasteiger partial charge in [-0.2, -0.15) is 0 Å². The monoisotopic (exact) mass is 273 g/mol. The molecule has 7 heteroatoms. The van der Waals surface area contributed by atoms with Crippen molar-refractivity contribution in [3.8, 4) is 0 Å². The lowest BCUT2D eigenvalue weighted by Gasteiger charge is -2.27. The van der Waals surface area contributed by atoms with Crippen LogP contribution >= 0.6 is 0 Å². The molecule has 6 nitrogen and oxygen atoms in total. The summed E-state index contributed by atoms with van der Waals surface area (Å²) in [6, 6.07) is 0.0375. The zero-order valence-corrected chi connectivity index (χ0v) is 11.9. The Bertz CT molecular complexity index is 560. The maximum absolute atomic E-state index is 11.2. The highest BCUT2D eigenvalue weighted by Crippen LogP contribution is 2.44. The molecule has 1 aromatic rings. The molecule has 0 aliphatic carbocycles. The SMILES string of the molecule is CC1(C)CC(n2cnc(S(N)(=O)=O)c2)C(C)(C)O1. The number of imidazole rings is 1. The summed E-state index contributed by atoms with van der Waals surface area (Å²) in [4.78, 5) is 3.84. The largest absolute Gasteiger partial charge is 0.367 e. The van der Waals surface area contributed by atoms with Gasteiger partial charge in [-0.3, -0.25) is 0 Å². The number of ether oxygens (including phenoxy) is 1. The zero-order chi connectivity index (χ0) is 13.8. The number of aromatic nitrogens is 2. The van der Waals surface area contributed by atoms with E-state index in [1.165, 1.54) is 12.5 Å². The Morgan fingerprint density at radius 2 is 2.06 bits per heavy atom. The fourth-order valence-electron chi connectivity index (χ4n) is 2.63. The Hall–Kier alpha value is -0.920. The standard InChI is InChI=1S/C11H19N3O3S/c1-10(2)5-8(11(3,4)17-10)14-6-9(13-7-14)18(12,15)16/h6-8H,5H2,1-4H3,(H2,12,15,16). The van der Waals surface area contributed by atoms with Gasteiger partial charge in [0.2, 0.25) is 0 Å². The highest BCUT2D eigenvalue weighted by atomic mass is 32.2. The van der Waals surface area contributed by atoms with E-state index in [2.05, 4.69) is 4.98 Å². The van der Waals surface area contributed by atoms with Gasteiger partial charge in [0.05, 0.1) is 23.6 Å². The lowest BCUT2D eigenvalue weighted by molar-refractivity contribution is -0.0729. The Morgan fingerprint density at radius 1 is 1.44 bits per heavy atom. The number of nitrogens with two attached hydrogens (primary N) is 1. The number of rotatable bonds is 2. The molecule has 1 atom stereocenters. The summed E-state index contributed by atoms with van der Waals surface area (Å²) in [5.74, 6) is 0. The van der Waals surface area contributed by atoms with Crippen LogP contribution in [0.2, 0.25) is 0 Å². The van der Waals surface area contributed by atoms with Crippen LogP contribution < -0.4 is 5.14 Å². The molecule has 0 saturated carbocycles. The van der Waals surface area contributed by atoms with Crippen molar-refractivity contribution in [3.63, 3.8) is 0 Å². The van der Waals surface area contributed by atoms with Gasteiger partial charge in [-0.15, -0.1) is 0 Å². The van der Waals surface area contributed by atoms with E-state index in [1.54, 1.807) is 4.57 Å². The smallest absolute Gasteiger partial charge is 0.257 e. The van der Waals surface area contributed by atoms with E-state index >= 15 is 0 Å². The van der Waals surface area contributed by atoms with E-state index in [4.69, 9.17) is 9.88 Å². The molecule has 1 aliphatic heterocycles. The maximum atomic E-state index is 11.2. The number of sulfonamides is 1. The lowest BCUT2D eigenvalue weighted by atomic mass is 9.94. The molecule has 2 heterocycles. The molecule has 0 amide bonds. The van der Waals surface area contributed by atoms with Crippen molar-refractivity contribution in [1.82, 2.24) is 9.55 Å². The number of hydrogen-bond acceptors (Lipinski definition) is 4. The second kappa shape index (κ2) is 3.79. The number of nitrogens with zero attached hydrogens (tertiary/aromatic N) is 2. The van der Waals surface area contributed by atoms with Crippen molar-refractivity contribution >= 4 is 10.0 Å². The molecule has 102 valence electrons. The predicted octanol–water partition coefficient (Wildman–Crippen LogP) is 1.05. The van der Waals surface area contributed by atoms with Crippen molar-refractivity contribution < 1.29 is 13.2 Å². The topological polar surface area (TPSA) is 87.2 Å². The van der Waals surface area contributed by atoms with E-state index in [0.717, 1.165) is 6.42 Å². The van der Waals surface area contributed by atoms with Crippen molar-refractivity contribution in [3.05, 3.63) is 12.5 Å². The highest BCUT2D eigenvalue weighted by molar-refractivity contribution is 7.89. The molecular weight excluding hydrogens is 254 g/mol. The van der Waals surface area contributed by atoms with Crippen LogP contribution in [0.25, 0.3) is 0 Å². The van der Waals surface area contributed by atoms with Gasteiger partial charge in [-0.25, -0.2) is 18.5 Å². The molecule has 0 spiro atoms. The molecule has 1 fully saturated rings. The number of primary sulfonamides is 1. The normalized spacial score (nSPS) is 26.4. The van der Waals surface area contributed by atoms with E-state index < -0.39 is 10.0 Å². The molecule has 0 aromatic carbocycles. The summed E-state index contributed by atoms with van der Waals surface area (Å²) in [7, 11) is -3.75. The second-order valence-electron chi connectivity index (χ2n) is 5.89. The third kappa shape index (κ3) is 2.43. The van der Waals surface area contributed by atoms with Crippen molar-refractivity contribution in [1.29, 1.82) is 0 Å². The van der Waals surface area contributed by atoms with E-state index in [9.17, 15) is 8.42 Å². The molecule has 1 aliphatic rings. The average Bonchev–Trinajstić information content (AvgIpc) is 2.65. The molecule has 0 radical (unpaired) electrons. The Morgan fingerprint density at radius 3 is 2.44 bits per heavy atom. The lowest BCUT2D eigenvalue weighted by Crippen LogP contribution is -2.30. The van der Waals surface area contributed by atoms with Crippen LogP contribution in [-0.2, 0) is 14.8 Å². The van der Waals surface area contributed by atoms with Gasteiger partial charge < -0.3 is 9.30 Å². The maximum Gasteiger partial charge on any atom is 0.257 e. The summed E-state index contributed by atoms with van der Waals surface area (Å²) < 4.78 is 30.2. The first-order valence-electron chi connectivity index (χ1n) is 5.78. The third-order valence-corrected chi connectivity index (χ3v) is 4.05. The van der Waals surface area contributed by atoms with Gasteiger partial charge in [0, 0.05) is 6.20 Å². The van der Waals surface area contributed by atoms with Gasteiger partial charge in [0.1, 0.15) is 0 Å². The average molecular weight is 273 g/mol. The minimum absolute atomic E-state index is 0.0375. The quantitative estimate of drug-likeness (QED) is 0.872. The van der Waals surface area contributed by atoms with Gasteiger partial charge in [0.25, 0.3) is 10.0 Å². The third-order valence-electron chi connectivity index (χ3n) is 3.26. The van der Waals surface area contributed by atoms with Crippen LogP contribution in [0.1, 0.15) is 40.2 Å². The first kappa shape index (κ1) is 13.5. The second-order valence-corrected chi connectivity index (χ2v) is 7.40. The highest BCUT2D eigenvalue weighted by Gasteiger charge is 2.46. The predicted molar refractivity (Wildman–Crippen MR) is 66.5 cm³/mol. The zero-order valence-electron chi connectivity index (χ0n) is 11.0.